The molecule has 0 aliphatic heterocycles. The fourth-order valence-electron chi connectivity index (χ4n) is 9.36. The van der Waals surface area contributed by atoms with Crippen molar-refractivity contribution in [2.24, 2.45) is 46.3 Å². The summed E-state index contributed by atoms with van der Waals surface area (Å²) in [5.41, 5.74) is 2.49. The van der Waals surface area contributed by atoms with Crippen LogP contribution in [0.4, 0.5) is 0 Å². The SMILES string of the molecule is CCC[C@@H](Br)C(=O)O[C@H]1CC[C@@]2(C)C(=CC[C@H]3[C@@H]4CC[C@H]([C@@H](C)CCCC(C)C)[C@@]4(C)CC[C@@H]32)C1. The van der Waals surface area contributed by atoms with E-state index in [1.165, 1.54) is 57.8 Å². The summed E-state index contributed by atoms with van der Waals surface area (Å²) in [5, 5.41) is 0. The molecule has 3 fully saturated rings. The van der Waals surface area contributed by atoms with E-state index in [4.69, 9.17) is 4.74 Å². The van der Waals surface area contributed by atoms with Crippen molar-refractivity contribution in [2.75, 3.05) is 0 Å². The van der Waals surface area contributed by atoms with Crippen molar-refractivity contribution in [3.05, 3.63) is 11.6 Å². The summed E-state index contributed by atoms with van der Waals surface area (Å²) >= 11 is 3.53. The summed E-state index contributed by atoms with van der Waals surface area (Å²) in [6.07, 6.45) is 19.0. The van der Waals surface area contributed by atoms with Crippen molar-refractivity contribution < 1.29 is 9.53 Å². The maximum absolute atomic E-state index is 12.5. The molecule has 200 valence electrons. The quantitative estimate of drug-likeness (QED) is 0.163. The highest BCUT2D eigenvalue weighted by molar-refractivity contribution is 9.10. The number of alkyl halides is 1. The second kappa shape index (κ2) is 11.2. The van der Waals surface area contributed by atoms with Crippen LogP contribution in [0, 0.1) is 46.3 Å². The Morgan fingerprint density at radius 2 is 1.83 bits per heavy atom. The van der Waals surface area contributed by atoms with E-state index in [1.807, 2.05) is 0 Å². The summed E-state index contributed by atoms with van der Waals surface area (Å²) in [7, 11) is 0. The molecule has 0 unspecified atom stereocenters. The molecule has 0 aromatic rings. The monoisotopic (exact) mass is 548 g/mol. The van der Waals surface area contributed by atoms with Crippen molar-refractivity contribution >= 4 is 21.9 Å². The Kier molecular flexibility index (Phi) is 8.87. The van der Waals surface area contributed by atoms with Crippen LogP contribution >= 0.6 is 15.9 Å². The van der Waals surface area contributed by atoms with Gasteiger partial charge < -0.3 is 4.74 Å². The molecule has 2 nitrogen and oxygen atoms in total. The van der Waals surface area contributed by atoms with Crippen LogP contribution in [0.1, 0.15) is 125 Å². The molecular weight excluding hydrogens is 496 g/mol. The van der Waals surface area contributed by atoms with E-state index in [0.717, 1.165) is 61.2 Å². The van der Waals surface area contributed by atoms with Gasteiger partial charge in [0.15, 0.2) is 0 Å². The molecule has 0 spiro atoms. The van der Waals surface area contributed by atoms with E-state index in [2.05, 4.69) is 63.5 Å². The summed E-state index contributed by atoms with van der Waals surface area (Å²) in [6.45, 7) is 14.7. The third-order valence-electron chi connectivity index (χ3n) is 11.3. The smallest absolute Gasteiger partial charge is 0.320 e. The topological polar surface area (TPSA) is 26.3 Å². The number of rotatable bonds is 9. The van der Waals surface area contributed by atoms with Crippen LogP contribution in [-0.2, 0) is 9.53 Å². The van der Waals surface area contributed by atoms with E-state index in [9.17, 15) is 4.79 Å². The molecule has 0 heterocycles. The van der Waals surface area contributed by atoms with Gasteiger partial charge in [-0.2, -0.15) is 0 Å². The average Bonchev–Trinajstić information content (AvgIpc) is 3.16. The Hall–Kier alpha value is -0.310. The number of hydrogen-bond donors (Lipinski definition) is 0. The summed E-state index contributed by atoms with van der Waals surface area (Å²) in [6, 6.07) is 0. The number of hydrogen-bond acceptors (Lipinski definition) is 2. The predicted molar refractivity (Wildman–Crippen MR) is 151 cm³/mol. The van der Waals surface area contributed by atoms with Crippen LogP contribution in [0.15, 0.2) is 11.6 Å². The first-order valence-electron chi connectivity index (χ1n) is 15.1. The zero-order chi connectivity index (χ0) is 25.4. The van der Waals surface area contributed by atoms with Crippen molar-refractivity contribution in [2.45, 2.75) is 136 Å². The van der Waals surface area contributed by atoms with Gasteiger partial charge in [-0.05, 0) is 97.7 Å². The van der Waals surface area contributed by atoms with Gasteiger partial charge in [0, 0.05) is 6.42 Å². The van der Waals surface area contributed by atoms with Crippen LogP contribution in [-0.4, -0.2) is 16.9 Å². The molecule has 0 bridgehead atoms. The third kappa shape index (κ3) is 5.46. The average molecular weight is 550 g/mol. The normalized spacial score (nSPS) is 40.3. The van der Waals surface area contributed by atoms with Gasteiger partial charge in [0.2, 0.25) is 0 Å². The molecule has 0 aromatic carbocycles. The van der Waals surface area contributed by atoms with Crippen LogP contribution in [0.25, 0.3) is 0 Å². The van der Waals surface area contributed by atoms with Crippen molar-refractivity contribution in [3.8, 4) is 0 Å². The zero-order valence-corrected chi connectivity index (χ0v) is 25.2. The highest BCUT2D eigenvalue weighted by atomic mass is 79.9. The molecule has 4 rings (SSSR count). The first-order chi connectivity index (χ1) is 16.6. The van der Waals surface area contributed by atoms with Crippen molar-refractivity contribution in [1.82, 2.24) is 0 Å². The number of carbonyl (C=O) groups excluding carboxylic acids is 1. The second-order valence-corrected chi connectivity index (χ2v) is 15.0. The van der Waals surface area contributed by atoms with E-state index >= 15 is 0 Å². The van der Waals surface area contributed by atoms with Crippen LogP contribution in [0.3, 0.4) is 0 Å². The minimum atomic E-state index is -0.148. The lowest BCUT2D eigenvalue weighted by molar-refractivity contribution is -0.150. The fourth-order valence-corrected chi connectivity index (χ4v) is 9.93. The number of fused-ring (bicyclic) bond motifs is 5. The Morgan fingerprint density at radius 3 is 2.54 bits per heavy atom. The van der Waals surface area contributed by atoms with Crippen LogP contribution in [0.2, 0.25) is 0 Å². The van der Waals surface area contributed by atoms with Crippen molar-refractivity contribution in [1.29, 1.82) is 0 Å². The van der Waals surface area contributed by atoms with Gasteiger partial charge in [0.05, 0.1) is 0 Å². The number of halogens is 1. The fraction of sp³-hybridized carbons (Fsp3) is 0.906. The maximum Gasteiger partial charge on any atom is 0.320 e. The molecular formula is C32H53BrO2. The minimum Gasteiger partial charge on any atom is -0.461 e. The van der Waals surface area contributed by atoms with Crippen LogP contribution in [0.5, 0.6) is 0 Å². The highest BCUT2D eigenvalue weighted by Gasteiger charge is 2.59. The summed E-state index contributed by atoms with van der Waals surface area (Å²) < 4.78 is 5.98. The van der Waals surface area contributed by atoms with E-state index in [0.29, 0.717) is 10.8 Å². The molecule has 4 aliphatic rings. The van der Waals surface area contributed by atoms with Gasteiger partial charge in [0.25, 0.3) is 0 Å². The predicted octanol–water partition coefficient (Wildman–Crippen LogP) is 9.50. The standard InChI is InChI=1S/C32H53BrO2/c1-7-9-29(33)30(34)35-24-16-18-31(5)23(20-24)12-13-25-27-15-14-26(22(4)11-8-10-21(2)3)32(27,6)19-17-28(25)31/h12,21-22,24-29H,7-11,13-20H2,1-6H3/t22-,24-,25-,26+,27-,28-,29+,31-,32+/m0/s1. The summed E-state index contributed by atoms with van der Waals surface area (Å²) in [5.74, 6) is 5.19. The van der Waals surface area contributed by atoms with Gasteiger partial charge in [-0.15, -0.1) is 0 Å². The molecule has 0 aromatic heterocycles. The first kappa shape index (κ1) is 27.7. The van der Waals surface area contributed by atoms with E-state index in [1.54, 1.807) is 5.57 Å². The number of esters is 1. The molecule has 0 saturated heterocycles. The van der Waals surface area contributed by atoms with Gasteiger partial charge in [-0.3, -0.25) is 4.79 Å². The largest absolute Gasteiger partial charge is 0.461 e. The number of ether oxygens (including phenoxy) is 1. The van der Waals surface area contributed by atoms with Crippen molar-refractivity contribution in [3.63, 3.8) is 0 Å². The van der Waals surface area contributed by atoms with E-state index < -0.39 is 0 Å². The molecule has 3 saturated carbocycles. The van der Waals surface area contributed by atoms with Crippen LogP contribution < -0.4 is 0 Å². The van der Waals surface area contributed by atoms with Gasteiger partial charge in [-0.25, -0.2) is 0 Å². The number of carbonyl (C=O) groups is 1. The second-order valence-electron chi connectivity index (χ2n) is 13.8. The van der Waals surface area contributed by atoms with Gasteiger partial charge in [0.1, 0.15) is 10.9 Å². The first-order valence-corrected chi connectivity index (χ1v) is 16.1. The maximum atomic E-state index is 12.5. The molecule has 4 aliphatic carbocycles. The number of allylic oxidation sites excluding steroid dienone is 1. The lowest BCUT2D eigenvalue weighted by atomic mass is 9.47. The Balaban J connectivity index is 1.42. The minimum absolute atomic E-state index is 0.0531. The van der Waals surface area contributed by atoms with Gasteiger partial charge in [-0.1, -0.05) is 94.8 Å². The Labute approximate surface area is 224 Å². The lowest BCUT2D eigenvalue weighted by Gasteiger charge is -2.58. The zero-order valence-electron chi connectivity index (χ0n) is 23.6. The Morgan fingerprint density at radius 1 is 1.06 bits per heavy atom. The van der Waals surface area contributed by atoms with E-state index in [-0.39, 0.29) is 16.9 Å². The molecule has 3 heteroatoms. The van der Waals surface area contributed by atoms with Gasteiger partial charge >= 0.3 is 5.97 Å². The molecule has 0 amide bonds. The lowest BCUT2D eigenvalue weighted by Crippen LogP contribution is -2.51. The molecule has 0 radical (unpaired) electrons. The third-order valence-corrected chi connectivity index (χ3v) is 12.2. The highest BCUT2D eigenvalue weighted by Crippen LogP contribution is 2.67. The summed E-state index contributed by atoms with van der Waals surface area (Å²) in [4.78, 5) is 12.4. The molecule has 0 N–H and O–H groups in total. The molecule has 35 heavy (non-hydrogen) atoms. The molecule has 9 atom stereocenters. The Bertz CT molecular complexity index is 774.